The van der Waals surface area contributed by atoms with E-state index in [9.17, 15) is 9.59 Å². The van der Waals surface area contributed by atoms with Gasteiger partial charge in [0.05, 0.1) is 25.0 Å². The fourth-order valence-electron chi connectivity index (χ4n) is 6.97. The Morgan fingerprint density at radius 2 is 1.05 bits per heavy atom. The fourth-order valence-corrected chi connectivity index (χ4v) is 15.8. The number of carbonyl (C=O) groups is 2. The van der Waals surface area contributed by atoms with Gasteiger partial charge in [-0.1, -0.05) is 24.3 Å². The van der Waals surface area contributed by atoms with Crippen LogP contribution < -0.4 is 0 Å². The number of ether oxygens (including phenoxy) is 4. The molecule has 4 aliphatic rings. The number of fused-ring (bicyclic) bond motifs is 4. The first-order chi connectivity index (χ1) is 18.6. The maximum atomic E-state index is 12.3. The van der Waals surface area contributed by atoms with Gasteiger partial charge in [0.1, 0.15) is 13.2 Å². The molecule has 0 aliphatic heterocycles. The van der Waals surface area contributed by atoms with E-state index in [-0.39, 0.29) is 23.8 Å². The Morgan fingerprint density at radius 3 is 1.41 bits per heavy atom. The van der Waals surface area contributed by atoms with Crippen LogP contribution in [-0.2, 0) is 32.7 Å². The van der Waals surface area contributed by atoms with Gasteiger partial charge in [0.15, 0.2) is 16.6 Å². The van der Waals surface area contributed by atoms with Crippen molar-refractivity contribution in [3.63, 3.8) is 0 Å². The van der Waals surface area contributed by atoms with E-state index in [1.165, 1.54) is 0 Å². The van der Waals surface area contributed by atoms with Gasteiger partial charge in [-0.2, -0.15) is 0 Å². The monoisotopic (exact) mass is 578 g/mol. The first-order valence-corrected chi connectivity index (χ1v) is 21.4. The number of hydrogen-bond donors (Lipinski definition) is 0. The molecule has 4 rings (SSSR count). The quantitative estimate of drug-likeness (QED) is 0.0888. The van der Waals surface area contributed by atoms with Crippen LogP contribution in [0.2, 0.25) is 38.3 Å². The summed E-state index contributed by atoms with van der Waals surface area (Å²) in [7, 11) is -3.55. The van der Waals surface area contributed by atoms with E-state index in [2.05, 4.69) is 50.5 Å². The summed E-state index contributed by atoms with van der Waals surface area (Å²) in [5.74, 6) is 1.95. The van der Waals surface area contributed by atoms with Crippen LogP contribution in [0.3, 0.4) is 0 Å². The predicted molar refractivity (Wildman–Crippen MR) is 156 cm³/mol. The summed E-state index contributed by atoms with van der Waals surface area (Å²) in [6.07, 6.45) is 14.9. The highest BCUT2D eigenvalue weighted by molar-refractivity contribution is 6.84. The molecule has 0 heterocycles. The molecule has 220 valence electrons. The van der Waals surface area contributed by atoms with Gasteiger partial charge in [0, 0.05) is 13.2 Å². The minimum absolute atomic E-state index is 0.0536. The average molecular weight is 579 g/mol. The van der Waals surface area contributed by atoms with E-state index in [0.717, 1.165) is 50.6 Å². The van der Waals surface area contributed by atoms with E-state index in [4.69, 9.17) is 23.1 Å². The maximum Gasteiger partial charge on any atom is 0.309 e. The lowest BCUT2D eigenvalue weighted by atomic mass is 9.94. The van der Waals surface area contributed by atoms with E-state index in [1.807, 2.05) is 0 Å². The molecule has 2 fully saturated rings. The van der Waals surface area contributed by atoms with Crippen molar-refractivity contribution >= 4 is 28.6 Å². The maximum absolute atomic E-state index is 12.3. The summed E-state index contributed by atoms with van der Waals surface area (Å²) in [6, 6.07) is 2.11. The van der Waals surface area contributed by atoms with Crippen molar-refractivity contribution in [1.29, 1.82) is 0 Å². The van der Waals surface area contributed by atoms with E-state index in [1.54, 1.807) is 0 Å². The van der Waals surface area contributed by atoms with Crippen molar-refractivity contribution in [2.24, 2.45) is 35.5 Å². The number of hydrogen-bond acceptors (Lipinski definition) is 7. The third-order valence-corrected chi connectivity index (χ3v) is 16.3. The predicted octanol–water partition coefficient (Wildman–Crippen LogP) is 5.74. The van der Waals surface area contributed by atoms with Crippen LogP contribution >= 0.6 is 0 Å². The number of allylic oxidation sites excluding steroid dienone is 4. The van der Waals surface area contributed by atoms with Crippen LogP contribution in [0.5, 0.6) is 0 Å². The standard InChI is InChI=1S/C30H50O7Si2/c1-38(2,17-5-11-33-13-15-35-29(31)27-21-23-7-9-25(27)19-23)37-39(3,4)18-6-12-34-14-16-36-30(32)28-22-24-8-10-26(28)20-24/h7-10,23-28H,5-6,11-22H2,1-4H3. The summed E-state index contributed by atoms with van der Waals surface area (Å²) >= 11 is 0. The molecule has 4 aliphatic carbocycles. The largest absolute Gasteiger partial charge is 0.463 e. The Morgan fingerprint density at radius 1 is 0.615 bits per heavy atom. The van der Waals surface area contributed by atoms with Gasteiger partial charge in [-0.15, -0.1) is 0 Å². The molecule has 0 N–H and O–H groups in total. The SMILES string of the molecule is C[Si](C)(CCCOCCOC(=O)C1CC2C=CC1C2)O[Si](C)(C)CCCOCCOC(=O)C1CC2C=CC1C2. The lowest BCUT2D eigenvalue weighted by Crippen LogP contribution is -2.44. The summed E-state index contributed by atoms with van der Waals surface area (Å²) in [6.45, 7) is 12.1. The van der Waals surface area contributed by atoms with Crippen LogP contribution in [0.4, 0.5) is 0 Å². The Labute approximate surface area is 237 Å². The van der Waals surface area contributed by atoms with Gasteiger partial charge >= 0.3 is 11.9 Å². The fraction of sp³-hybridized carbons (Fsp3) is 0.800. The highest BCUT2D eigenvalue weighted by Gasteiger charge is 2.41. The minimum atomic E-state index is -1.78. The molecule has 0 spiro atoms. The number of carbonyl (C=O) groups excluding carboxylic acids is 2. The van der Waals surface area contributed by atoms with Crippen LogP contribution in [0.1, 0.15) is 38.5 Å². The Balaban J connectivity index is 0.966. The summed E-state index contributed by atoms with van der Waals surface area (Å²) < 4.78 is 29.1. The molecule has 7 nitrogen and oxygen atoms in total. The van der Waals surface area contributed by atoms with E-state index < -0.39 is 16.6 Å². The van der Waals surface area contributed by atoms with Crippen molar-refractivity contribution < 1.29 is 32.7 Å². The molecule has 6 atom stereocenters. The second kappa shape index (κ2) is 14.1. The van der Waals surface area contributed by atoms with E-state index in [0.29, 0.717) is 63.3 Å². The molecule has 9 heteroatoms. The molecular weight excluding hydrogens is 528 g/mol. The van der Waals surface area contributed by atoms with Gasteiger partial charge in [0.25, 0.3) is 0 Å². The topological polar surface area (TPSA) is 80.3 Å². The first-order valence-electron chi connectivity index (χ1n) is 15.2. The Kier molecular flexibility index (Phi) is 11.1. The van der Waals surface area contributed by atoms with E-state index >= 15 is 0 Å². The van der Waals surface area contributed by atoms with Gasteiger partial charge in [-0.25, -0.2) is 0 Å². The molecule has 0 saturated heterocycles. The lowest BCUT2D eigenvalue weighted by Gasteiger charge is -2.34. The third kappa shape index (κ3) is 9.38. The third-order valence-electron chi connectivity index (χ3n) is 8.79. The number of rotatable bonds is 18. The van der Waals surface area contributed by atoms with Gasteiger partial charge in [-0.3, -0.25) is 9.59 Å². The van der Waals surface area contributed by atoms with Crippen molar-refractivity contribution in [3.05, 3.63) is 24.3 Å². The van der Waals surface area contributed by atoms with Gasteiger partial charge in [0.2, 0.25) is 0 Å². The Hall–Kier alpha value is -1.27. The molecule has 39 heavy (non-hydrogen) atoms. The van der Waals surface area contributed by atoms with Crippen molar-refractivity contribution in [2.45, 2.75) is 76.8 Å². The van der Waals surface area contributed by atoms with Crippen LogP contribution in [-0.4, -0.2) is 68.2 Å². The van der Waals surface area contributed by atoms with Crippen molar-refractivity contribution in [2.75, 3.05) is 39.6 Å². The lowest BCUT2D eigenvalue weighted by molar-refractivity contribution is -0.151. The number of esters is 2. The normalized spacial score (nSPS) is 28.9. The average Bonchev–Trinajstić information content (AvgIpc) is 3.69. The zero-order valence-electron chi connectivity index (χ0n) is 24.5. The van der Waals surface area contributed by atoms with Crippen LogP contribution in [0, 0.1) is 35.5 Å². The molecule has 0 aromatic carbocycles. The Bertz CT molecular complexity index is 817. The second-order valence-electron chi connectivity index (χ2n) is 13.2. The molecule has 0 aromatic rings. The zero-order chi connectivity index (χ0) is 27.9. The molecule has 2 saturated carbocycles. The molecule has 0 aromatic heterocycles. The van der Waals surface area contributed by atoms with Crippen molar-refractivity contribution in [1.82, 2.24) is 0 Å². The minimum Gasteiger partial charge on any atom is -0.463 e. The molecular formula is C30H50O7Si2. The summed E-state index contributed by atoms with van der Waals surface area (Å²) in [5.41, 5.74) is 0. The molecule has 6 unspecified atom stereocenters. The zero-order valence-corrected chi connectivity index (χ0v) is 26.5. The molecule has 0 amide bonds. The second-order valence-corrected chi connectivity index (χ2v) is 22.0. The first kappa shape index (κ1) is 30.7. The molecule has 4 bridgehead atoms. The van der Waals surface area contributed by atoms with Crippen LogP contribution in [0.15, 0.2) is 24.3 Å². The van der Waals surface area contributed by atoms with Crippen LogP contribution in [0.25, 0.3) is 0 Å². The molecule has 0 radical (unpaired) electrons. The highest BCUT2D eigenvalue weighted by atomic mass is 28.4. The smallest absolute Gasteiger partial charge is 0.309 e. The van der Waals surface area contributed by atoms with Crippen molar-refractivity contribution in [3.8, 4) is 0 Å². The summed E-state index contributed by atoms with van der Waals surface area (Å²) in [4.78, 5) is 24.5. The van der Waals surface area contributed by atoms with Gasteiger partial charge < -0.3 is 23.1 Å². The van der Waals surface area contributed by atoms with Gasteiger partial charge in [-0.05, 0) is 100 Å². The summed E-state index contributed by atoms with van der Waals surface area (Å²) in [5, 5.41) is 0. The highest BCUT2D eigenvalue weighted by Crippen LogP contribution is 2.44.